The van der Waals surface area contributed by atoms with Gasteiger partial charge in [-0.05, 0) is 30.2 Å². The van der Waals surface area contributed by atoms with Gasteiger partial charge >= 0.3 is 0 Å². The third-order valence-corrected chi connectivity index (χ3v) is 4.74. The number of methoxy groups -OCH3 is 1. The number of rotatable bonds is 5. The minimum absolute atomic E-state index is 0.0464. The van der Waals surface area contributed by atoms with Gasteiger partial charge in [0.1, 0.15) is 5.75 Å². The molecule has 2 aromatic carbocycles. The Morgan fingerprint density at radius 3 is 2.56 bits per heavy atom. The van der Waals surface area contributed by atoms with Gasteiger partial charge in [-0.1, -0.05) is 53.7 Å². The van der Waals surface area contributed by atoms with Gasteiger partial charge in [-0.2, -0.15) is 5.10 Å². The first kappa shape index (κ1) is 17.2. The Morgan fingerprint density at radius 2 is 1.88 bits per heavy atom. The average Bonchev–Trinajstić information content (AvgIpc) is 2.97. The first-order valence-electron chi connectivity index (χ1n) is 7.89. The fourth-order valence-electron chi connectivity index (χ4n) is 2.34. The molecule has 1 saturated heterocycles. The second-order valence-corrected chi connectivity index (χ2v) is 6.60. The molecule has 1 aliphatic heterocycles. The van der Waals surface area contributed by atoms with Crippen molar-refractivity contribution in [1.29, 1.82) is 0 Å². The second kappa shape index (κ2) is 7.98. The van der Waals surface area contributed by atoms with Crippen LogP contribution in [0.3, 0.4) is 0 Å². The van der Waals surface area contributed by atoms with Crippen LogP contribution in [0.15, 0.2) is 58.7 Å². The zero-order chi connectivity index (χ0) is 17.6. The van der Waals surface area contributed by atoms with Crippen LogP contribution < -0.4 is 4.74 Å². The molecule has 0 spiro atoms. The van der Waals surface area contributed by atoms with E-state index in [1.807, 2.05) is 55.5 Å². The summed E-state index contributed by atoms with van der Waals surface area (Å²) >= 11 is 1.41. The van der Waals surface area contributed by atoms with Gasteiger partial charge in [0.2, 0.25) is 5.91 Å². The number of aryl methyl sites for hydroxylation is 1. The molecule has 0 bridgehead atoms. The van der Waals surface area contributed by atoms with E-state index in [0.29, 0.717) is 17.5 Å². The van der Waals surface area contributed by atoms with Crippen molar-refractivity contribution in [2.75, 3.05) is 12.9 Å². The fourth-order valence-corrected chi connectivity index (χ4v) is 3.17. The van der Waals surface area contributed by atoms with E-state index >= 15 is 0 Å². The monoisotopic (exact) mass is 353 g/mol. The van der Waals surface area contributed by atoms with E-state index in [0.717, 1.165) is 16.9 Å². The van der Waals surface area contributed by atoms with Crippen LogP contribution in [-0.4, -0.2) is 35.1 Å². The third kappa shape index (κ3) is 4.48. The van der Waals surface area contributed by atoms with Crippen molar-refractivity contribution in [2.45, 2.75) is 13.5 Å². The molecular formula is C19H19N3O2S. The topological polar surface area (TPSA) is 54.3 Å². The summed E-state index contributed by atoms with van der Waals surface area (Å²) in [5.41, 5.74) is 3.20. The number of amidine groups is 1. The summed E-state index contributed by atoms with van der Waals surface area (Å²) in [6, 6.07) is 15.7. The highest BCUT2D eigenvalue weighted by atomic mass is 32.2. The predicted octanol–water partition coefficient (Wildman–Crippen LogP) is 3.47. The van der Waals surface area contributed by atoms with E-state index in [-0.39, 0.29) is 5.91 Å². The molecule has 0 radical (unpaired) electrons. The summed E-state index contributed by atoms with van der Waals surface area (Å²) < 4.78 is 5.16. The Kier molecular flexibility index (Phi) is 5.50. The molecule has 0 aliphatic carbocycles. The number of carbonyl (C=O) groups is 1. The number of hydrogen-bond donors (Lipinski definition) is 0. The Labute approximate surface area is 151 Å². The van der Waals surface area contributed by atoms with Crippen LogP contribution >= 0.6 is 11.8 Å². The van der Waals surface area contributed by atoms with Crippen LogP contribution in [0.4, 0.5) is 0 Å². The first-order valence-corrected chi connectivity index (χ1v) is 8.88. The van der Waals surface area contributed by atoms with Crippen molar-refractivity contribution in [3.05, 3.63) is 65.2 Å². The van der Waals surface area contributed by atoms with E-state index in [4.69, 9.17) is 4.74 Å². The Balaban J connectivity index is 1.70. The lowest BCUT2D eigenvalue weighted by Crippen LogP contribution is -2.28. The Bertz CT molecular complexity index is 798. The van der Waals surface area contributed by atoms with Crippen LogP contribution in [0.1, 0.15) is 16.7 Å². The van der Waals surface area contributed by atoms with Crippen LogP contribution in [-0.2, 0) is 11.3 Å². The van der Waals surface area contributed by atoms with Crippen molar-refractivity contribution in [3.8, 4) is 5.75 Å². The highest BCUT2D eigenvalue weighted by Gasteiger charge is 2.28. The summed E-state index contributed by atoms with van der Waals surface area (Å²) in [4.78, 5) is 13.8. The minimum atomic E-state index is 0.0464. The molecule has 5 nitrogen and oxygen atoms in total. The smallest absolute Gasteiger partial charge is 0.239 e. The summed E-state index contributed by atoms with van der Waals surface area (Å²) in [5.74, 6) is 1.24. The van der Waals surface area contributed by atoms with Gasteiger partial charge in [-0.25, -0.2) is 0 Å². The van der Waals surface area contributed by atoms with Crippen LogP contribution in [0.25, 0.3) is 0 Å². The van der Waals surface area contributed by atoms with E-state index in [1.165, 1.54) is 17.3 Å². The largest absolute Gasteiger partial charge is 0.497 e. The number of benzene rings is 2. The lowest BCUT2D eigenvalue weighted by atomic mass is 10.2. The van der Waals surface area contributed by atoms with Crippen molar-refractivity contribution in [2.24, 2.45) is 10.2 Å². The molecule has 0 saturated carbocycles. The van der Waals surface area contributed by atoms with E-state index in [9.17, 15) is 4.79 Å². The Morgan fingerprint density at radius 1 is 1.16 bits per heavy atom. The van der Waals surface area contributed by atoms with Gasteiger partial charge < -0.3 is 4.74 Å². The highest BCUT2D eigenvalue weighted by Crippen LogP contribution is 2.23. The molecule has 3 rings (SSSR count). The quantitative estimate of drug-likeness (QED) is 0.611. The van der Waals surface area contributed by atoms with Gasteiger partial charge in [0.25, 0.3) is 0 Å². The molecule has 2 aromatic rings. The molecule has 1 fully saturated rings. The summed E-state index contributed by atoms with van der Waals surface area (Å²) in [6.45, 7) is 2.52. The van der Waals surface area contributed by atoms with Gasteiger partial charge in [0.05, 0.1) is 25.6 Å². The summed E-state index contributed by atoms with van der Waals surface area (Å²) in [7, 11) is 1.63. The zero-order valence-electron chi connectivity index (χ0n) is 14.2. The Hall–Kier alpha value is -2.60. The molecule has 6 heteroatoms. The SMILES string of the molecule is COc1ccc(CN2C(=O)CS/C2=N\N=C\c2ccc(C)cc2)cc1. The number of carbonyl (C=O) groups excluding carboxylic acids is 1. The maximum Gasteiger partial charge on any atom is 0.239 e. The highest BCUT2D eigenvalue weighted by molar-refractivity contribution is 8.15. The van der Waals surface area contributed by atoms with E-state index in [1.54, 1.807) is 18.2 Å². The number of amides is 1. The maximum atomic E-state index is 12.1. The molecule has 1 heterocycles. The maximum absolute atomic E-state index is 12.1. The molecule has 128 valence electrons. The van der Waals surface area contributed by atoms with Crippen LogP contribution in [0, 0.1) is 6.92 Å². The number of hydrogen-bond acceptors (Lipinski definition) is 5. The average molecular weight is 353 g/mol. The van der Waals surface area contributed by atoms with Crippen molar-refractivity contribution < 1.29 is 9.53 Å². The van der Waals surface area contributed by atoms with E-state index in [2.05, 4.69) is 10.2 Å². The minimum Gasteiger partial charge on any atom is -0.497 e. The summed E-state index contributed by atoms with van der Waals surface area (Å²) in [5, 5.41) is 9.00. The predicted molar refractivity (Wildman–Crippen MR) is 102 cm³/mol. The van der Waals surface area contributed by atoms with Crippen LogP contribution in [0.5, 0.6) is 5.75 Å². The van der Waals surface area contributed by atoms with Crippen molar-refractivity contribution in [3.63, 3.8) is 0 Å². The molecule has 0 N–H and O–H groups in total. The molecule has 0 atom stereocenters. The number of ether oxygens (including phenoxy) is 1. The molecule has 1 amide bonds. The van der Waals surface area contributed by atoms with Gasteiger partial charge in [0.15, 0.2) is 5.17 Å². The van der Waals surface area contributed by atoms with Gasteiger partial charge in [0, 0.05) is 0 Å². The molecule has 0 aromatic heterocycles. The normalized spacial score (nSPS) is 16.2. The first-order chi connectivity index (χ1) is 12.2. The second-order valence-electron chi connectivity index (χ2n) is 5.65. The standard InChI is InChI=1S/C19H19N3O2S/c1-14-3-5-15(6-4-14)11-20-21-19-22(18(23)13-25-19)12-16-7-9-17(24-2)10-8-16/h3-11H,12-13H2,1-2H3/b20-11+,21-19-. The van der Waals surface area contributed by atoms with Crippen molar-refractivity contribution in [1.82, 2.24) is 4.90 Å². The van der Waals surface area contributed by atoms with Crippen LogP contribution in [0.2, 0.25) is 0 Å². The van der Waals surface area contributed by atoms with Gasteiger partial charge in [-0.15, -0.1) is 5.10 Å². The molecule has 1 aliphatic rings. The number of thioether (sulfide) groups is 1. The zero-order valence-corrected chi connectivity index (χ0v) is 15.0. The third-order valence-electron chi connectivity index (χ3n) is 3.78. The van der Waals surface area contributed by atoms with Crippen molar-refractivity contribution >= 4 is 29.1 Å². The summed E-state index contributed by atoms with van der Waals surface area (Å²) in [6.07, 6.45) is 1.70. The lowest BCUT2D eigenvalue weighted by Gasteiger charge is -2.15. The molecular weight excluding hydrogens is 334 g/mol. The molecule has 0 unspecified atom stereocenters. The number of nitrogens with zero attached hydrogens (tertiary/aromatic N) is 3. The van der Waals surface area contributed by atoms with E-state index < -0.39 is 0 Å². The van der Waals surface area contributed by atoms with Gasteiger partial charge in [-0.3, -0.25) is 9.69 Å². The lowest BCUT2D eigenvalue weighted by molar-refractivity contribution is -0.124. The molecule has 25 heavy (non-hydrogen) atoms. The fraction of sp³-hybridized carbons (Fsp3) is 0.211.